The highest BCUT2D eigenvalue weighted by Gasteiger charge is 2.61. The molecule has 17 nitrogen and oxygen atoms in total. The Bertz CT molecular complexity index is 1470. The lowest BCUT2D eigenvalue weighted by atomic mass is 9.98. The molecule has 0 radical (unpaired) electrons. The summed E-state index contributed by atoms with van der Waals surface area (Å²) in [7, 11) is 4.25. The Morgan fingerprint density at radius 1 is 0.880 bits per heavy atom. The number of rotatable bonds is 14. The molecule has 50 heavy (non-hydrogen) atoms. The Morgan fingerprint density at radius 2 is 1.54 bits per heavy atom. The van der Waals surface area contributed by atoms with Gasteiger partial charge in [0.15, 0.2) is 30.0 Å². The molecule has 5 N–H and O–H groups in total. The van der Waals surface area contributed by atoms with Gasteiger partial charge in [0.25, 0.3) is 0 Å². The first-order valence-corrected chi connectivity index (χ1v) is 15.3. The molecule has 0 saturated carbocycles. The number of carbonyl (C=O) groups excluding carboxylic acids is 3. The average molecular weight is 709 g/mol. The topological polar surface area (TPSA) is 235 Å². The van der Waals surface area contributed by atoms with Crippen LogP contribution in [0.2, 0.25) is 0 Å². The van der Waals surface area contributed by atoms with Crippen LogP contribution in [0.15, 0.2) is 48.5 Å². The molecule has 2 saturated heterocycles. The van der Waals surface area contributed by atoms with Crippen LogP contribution in [-0.4, -0.2) is 139 Å². The van der Waals surface area contributed by atoms with Gasteiger partial charge in [0, 0.05) is 13.0 Å². The number of carbonyl (C=O) groups is 3. The molecule has 2 aliphatic rings. The van der Waals surface area contributed by atoms with Crippen molar-refractivity contribution in [3.05, 3.63) is 59.7 Å². The lowest BCUT2D eigenvalue weighted by Gasteiger charge is -2.44. The van der Waals surface area contributed by atoms with Crippen LogP contribution in [0, 0.1) is 0 Å². The van der Waals surface area contributed by atoms with Gasteiger partial charge in [-0.25, -0.2) is 9.59 Å². The third kappa shape index (κ3) is 8.51. The van der Waals surface area contributed by atoms with E-state index >= 15 is 0 Å². The molecule has 9 atom stereocenters. The fourth-order valence-corrected chi connectivity index (χ4v) is 5.42. The Labute approximate surface area is 286 Å². The van der Waals surface area contributed by atoms with Crippen LogP contribution in [0.25, 0.3) is 6.08 Å². The molecule has 274 valence electrons. The Balaban J connectivity index is 1.56. The van der Waals surface area contributed by atoms with Gasteiger partial charge in [-0.15, -0.1) is 0 Å². The van der Waals surface area contributed by atoms with Gasteiger partial charge in [0.05, 0.1) is 33.5 Å². The summed E-state index contributed by atoms with van der Waals surface area (Å²) in [4.78, 5) is 37.5. The highest BCUT2D eigenvalue weighted by Crippen LogP contribution is 2.40. The van der Waals surface area contributed by atoms with Crippen LogP contribution in [0.3, 0.4) is 0 Å². The second-order valence-corrected chi connectivity index (χ2v) is 11.1. The fraction of sp³-hybridized carbons (Fsp3) is 0.485. The van der Waals surface area contributed by atoms with Crippen LogP contribution in [0.1, 0.15) is 22.8 Å². The quantitative estimate of drug-likeness (QED) is 0.0930. The highest BCUT2D eigenvalue weighted by molar-refractivity contribution is 5.89. The molecule has 4 rings (SSSR count). The van der Waals surface area contributed by atoms with E-state index in [0.717, 1.165) is 13.0 Å². The number of aliphatic hydroxyl groups is 5. The summed E-state index contributed by atoms with van der Waals surface area (Å²) in [6.45, 7) is -1.49. The van der Waals surface area contributed by atoms with Crippen molar-refractivity contribution in [1.82, 2.24) is 0 Å². The van der Waals surface area contributed by atoms with E-state index in [2.05, 4.69) is 0 Å². The minimum atomic E-state index is -2.48. The predicted octanol–water partition coefficient (Wildman–Crippen LogP) is -0.670. The van der Waals surface area contributed by atoms with E-state index in [-0.39, 0.29) is 5.56 Å². The largest absolute Gasteiger partial charge is 0.493 e. The molecule has 2 aromatic rings. The van der Waals surface area contributed by atoms with Gasteiger partial charge in [0.1, 0.15) is 43.7 Å². The average Bonchev–Trinajstić information content (AvgIpc) is 3.38. The molecule has 0 amide bonds. The summed E-state index contributed by atoms with van der Waals surface area (Å²) >= 11 is 0. The summed E-state index contributed by atoms with van der Waals surface area (Å²) in [5.41, 5.74) is 0.610. The van der Waals surface area contributed by atoms with Crippen LogP contribution >= 0.6 is 0 Å². The van der Waals surface area contributed by atoms with E-state index in [1.54, 1.807) is 30.3 Å². The van der Waals surface area contributed by atoms with Gasteiger partial charge in [-0.2, -0.15) is 0 Å². The minimum absolute atomic E-state index is 0.187. The van der Waals surface area contributed by atoms with Gasteiger partial charge in [-0.3, -0.25) is 4.79 Å². The molecule has 0 unspecified atom stereocenters. The van der Waals surface area contributed by atoms with Crippen molar-refractivity contribution in [1.29, 1.82) is 0 Å². The molecular formula is C33H40O17. The molecule has 0 bridgehead atoms. The highest BCUT2D eigenvalue weighted by atomic mass is 16.8. The van der Waals surface area contributed by atoms with E-state index in [9.17, 15) is 39.9 Å². The van der Waals surface area contributed by atoms with Crippen LogP contribution in [-0.2, 0) is 38.0 Å². The summed E-state index contributed by atoms with van der Waals surface area (Å²) in [5, 5.41) is 53.2. The Kier molecular flexibility index (Phi) is 13.1. The van der Waals surface area contributed by atoms with Crippen molar-refractivity contribution < 1.29 is 82.5 Å². The Morgan fingerprint density at radius 3 is 2.10 bits per heavy atom. The molecule has 2 fully saturated rings. The van der Waals surface area contributed by atoms with Crippen molar-refractivity contribution in [2.75, 3.05) is 41.2 Å². The molecule has 2 aromatic carbocycles. The number of hydrogen-bond acceptors (Lipinski definition) is 17. The van der Waals surface area contributed by atoms with Gasteiger partial charge in [-0.05, 0) is 35.9 Å². The van der Waals surface area contributed by atoms with Gasteiger partial charge in [-0.1, -0.05) is 18.2 Å². The second-order valence-electron chi connectivity index (χ2n) is 11.1. The van der Waals surface area contributed by atoms with E-state index in [1.165, 1.54) is 39.5 Å². The number of esters is 3. The van der Waals surface area contributed by atoms with Crippen molar-refractivity contribution in [2.24, 2.45) is 0 Å². The van der Waals surface area contributed by atoms with E-state index in [4.69, 9.17) is 42.6 Å². The first-order valence-electron chi connectivity index (χ1n) is 15.3. The maximum absolute atomic E-state index is 13.0. The normalized spacial score (nSPS) is 29.3. The van der Waals surface area contributed by atoms with E-state index in [1.807, 2.05) is 0 Å². The number of aliphatic hydroxyl groups excluding tert-OH is 5. The summed E-state index contributed by atoms with van der Waals surface area (Å²) < 4.78 is 49.0. The summed E-state index contributed by atoms with van der Waals surface area (Å²) in [6.07, 6.45) is -11.5. The SMILES string of the molecule is COc1cc(C=CC(=O)O[C@H]2[C@H](O)[C@@H](CO)O[C@@]2(CO)O[C@H]2O[C@H](COC(=O)c3ccccc3)[C@@H](OC(C)=O)[C@H](O)[C@H]2O)cc(OC)c1OC. The van der Waals surface area contributed by atoms with Gasteiger partial charge in [0.2, 0.25) is 11.5 Å². The van der Waals surface area contributed by atoms with Gasteiger partial charge < -0.3 is 68.2 Å². The van der Waals surface area contributed by atoms with Crippen molar-refractivity contribution in [2.45, 2.75) is 61.7 Å². The maximum Gasteiger partial charge on any atom is 0.338 e. The zero-order chi connectivity index (χ0) is 36.6. The third-order valence-corrected chi connectivity index (χ3v) is 7.86. The number of hydrogen-bond donors (Lipinski definition) is 5. The molecule has 0 spiro atoms. The lowest BCUT2D eigenvalue weighted by molar-refractivity contribution is -0.383. The van der Waals surface area contributed by atoms with E-state index < -0.39 is 92.5 Å². The molecule has 0 aliphatic carbocycles. The fourth-order valence-electron chi connectivity index (χ4n) is 5.42. The number of ether oxygens (including phenoxy) is 9. The van der Waals surface area contributed by atoms with Crippen LogP contribution in [0.4, 0.5) is 0 Å². The van der Waals surface area contributed by atoms with Gasteiger partial charge >= 0.3 is 17.9 Å². The monoisotopic (exact) mass is 708 g/mol. The molecule has 2 aliphatic heterocycles. The summed E-state index contributed by atoms with van der Waals surface area (Å²) in [6, 6.07) is 11.0. The summed E-state index contributed by atoms with van der Waals surface area (Å²) in [5.74, 6) is -4.25. The molecule has 0 aromatic heterocycles. The van der Waals surface area contributed by atoms with Crippen molar-refractivity contribution in [3.63, 3.8) is 0 Å². The first-order chi connectivity index (χ1) is 23.9. The molecule has 17 heteroatoms. The third-order valence-electron chi connectivity index (χ3n) is 7.86. The van der Waals surface area contributed by atoms with Crippen LogP contribution < -0.4 is 14.2 Å². The predicted molar refractivity (Wildman–Crippen MR) is 167 cm³/mol. The molecular weight excluding hydrogens is 668 g/mol. The van der Waals surface area contributed by atoms with Crippen molar-refractivity contribution >= 4 is 24.0 Å². The first kappa shape index (κ1) is 38.5. The van der Waals surface area contributed by atoms with Crippen molar-refractivity contribution in [3.8, 4) is 17.2 Å². The molecule has 2 heterocycles. The number of methoxy groups -OCH3 is 3. The standard InChI is InChI=1S/C33H40O17/c1-17(36)46-29-23(15-45-31(41)19-8-6-5-7-9-19)47-32(27(40)26(29)39)50-33(16-35)30(25(38)22(14-34)49-33)48-24(37)11-10-18-12-20(42-2)28(44-4)21(13-18)43-3/h5-13,22-23,25-27,29-30,32,34-35,38-40H,14-16H2,1-4H3/t22-,23-,25-,26-,27-,29-,30+,32-,33+/m1/s1. The zero-order valence-corrected chi connectivity index (χ0v) is 27.6. The number of benzene rings is 2. The zero-order valence-electron chi connectivity index (χ0n) is 27.6. The van der Waals surface area contributed by atoms with E-state index in [0.29, 0.717) is 22.8 Å². The second kappa shape index (κ2) is 17.1. The van der Waals surface area contributed by atoms with Crippen LogP contribution in [0.5, 0.6) is 17.2 Å². The smallest absolute Gasteiger partial charge is 0.338 e. The lowest BCUT2D eigenvalue weighted by Crippen LogP contribution is -2.64. The maximum atomic E-state index is 13.0. The minimum Gasteiger partial charge on any atom is -0.493 e. The Hall–Kier alpha value is -4.33.